The fourth-order valence-electron chi connectivity index (χ4n) is 1.64. The first-order chi connectivity index (χ1) is 8.79. The third-order valence-electron chi connectivity index (χ3n) is 2.60. The normalized spacial score (nSPS) is 10.8. The van der Waals surface area contributed by atoms with Crippen LogP contribution in [0.3, 0.4) is 0 Å². The number of ether oxygens (including phenoxy) is 1. The Labute approximate surface area is 108 Å². The van der Waals surface area contributed by atoms with E-state index in [4.69, 9.17) is 4.74 Å². The van der Waals surface area contributed by atoms with Crippen LogP contribution < -0.4 is 4.74 Å². The Morgan fingerprint density at radius 3 is 2.50 bits per heavy atom. The molecule has 0 bridgehead atoms. The molecular formula is C16H17NO. The van der Waals surface area contributed by atoms with Gasteiger partial charge in [-0.3, -0.25) is 4.99 Å². The van der Waals surface area contributed by atoms with Gasteiger partial charge in [-0.25, -0.2) is 0 Å². The molecule has 0 fully saturated rings. The summed E-state index contributed by atoms with van der Waals surface area (Å²) in [6.45, 7) is 4.70. The van der Waals surface area contributed by atoms with Crippen LogP contribution >= 0.6 is 0 Å². The first kappa shape index (κ1) is 12.4. The molecule has 0 aromatic heterocycles. The Bertz CT molecular complexity index is 529. The van der Waals surface area contributed by atoms with Gasteiger partial charge >= 0.3 is 0 Å². The third kappa shape index (κ3) is 3.20. The van der Waals surface area contributed by atoms with Crippen molar-refractivity contribution in [1.82, 2.24) is 0 Å². The molecule has 18 heavy (non-hydrogen) atoms. The molecular weight excluding hydrogens is 222 g/mol. The topological polar surface area (TPSA) is 21.6 Å². The molecule has 2 heteroatoms. The molecule has 0 N–H and O–H groups in total. The number of hydrogen-bond acceptors (Lipinski definition) is 2. The lowest BCUT2D eigenvalue weighted by Gasteiger charge is -2.05. The Hall–Kier alpha value is -2.09. The standard InChI is InChI=1S/C16H17NO/c1-3-18-16-7-5-4-6-15(16)17-12-14-10-8-13(2)9-11-14/h4-12H,3H2,1-2H3. The zero-order valence-corrected chi connectivity index (χ0v) is 10.8. The zero-order valence-electron chi connectivity index (χ0n) is 10.8. The van der Waals surface area contributed by atoms with Crippen molar-refractivity contribution in [3.05, 3.63) is 59.7 Å². The van der Waals surface area contributed by atoms with Crippen molar-refractivity contribution in [1.29, 1.82) is 0 Å². The Morgan fingerprint density at radius 2 is 1.78 bits per heavy atom. The summed E-state index contributed by atoms with van der Waals surface area (Å²) in [6.07, 6.45) is 1.86. The maximum Gasteiger partial charge on any atom is 0.144 e. The van der Waals surface area contributed by atoms with Crippen LogP contribution in [0.4, 0.5) is 5.69 Å². The first-order valence-corrected chi connectivity index (χ1v) is 6.12. The lowest BCUT2D eigenvalue weighted by atomic mass is 10.2. The van der Waals surface area contributed by atoms with Gasteiger partial charge in [0.1, 0.15) is 11.4 Å². The van der Waals surface area contributed by atoms with Crippen molar-refractivity contribution in [3.63, 3.8) is 0 Å². The summed E-state index contributed by atoms with van der Waals surface area (Å²) in [6, 6.07) is 16.1. The van der Waals surface area contributed by atoms with Gasteiger partial charge in [0.15, 0.2) is 0 Å². The van der Waals surface area contributed by atoms with E-state index < -0.39 is 0 Å². The smallest absolute Gasteiger partial charge is 0.144 e. The summed E-state index contributed by atoms with van der Waals surface area (Å²) in [5.41, 5.74) is 3.20. The van der Waals surface area contributed by atoms with Gasteiger partial charge in [0, 0.05) is 6.21 Å². The van der Waals surface area contributed by atoms with E-state index in [0.29, 0.717) is 6.61 Å². The van der Waals surface area contributed by atoms with E-state index in [-0.39, 0.29) is 0 Å². The first-order valence-electron chi connectivity index (χ1n) is 6.12. The van der Waals surface area contributed by atoms with Crippen LogP contribution in [0.25, 0.3) is 0 Å². The number of aliphatic imine (C=N–C) groups is 1. The molecule has 92 valence electrons. The van der Waals surface area contributed by atoms with E-state index in [9.17, 15) is 0 Å². The highest BCUT2D eigenvalue weighted by Crippen LogP contribution is 2.26. The number of nitrogens with zero attached hydrogens (tertiary/aromatic N) is 1. The van der Waals surface area contributed by atoms with Gasteiger partial charge in [0.25, 0.3) is 0 Å². The van der Waals surface area contributed by atoms with Gasteiger partial charge in [-0.15, -0.1) is 0 Å². The molecule has 0 aliphatic carbocycles. The molecule has 0 atom stereocenters. The maximum atomic E-state index is 5.53. The summed E-state index contributed by atoms with van der Waals surface area (Å²) in [5.74, 6) is 0.823. The SMILES string of the molecule is CCOc1ccccc1N=Cc1ccc(C)cc1. The van der Waals surface area contributed by atoms with Crippen LogP contribution in [0.15, 0.2) is 53.5 Å². The highest BCUT2D eigenvalue weighted by Gasteiger charge is 1.99. The fourth-order valence-corrected chi connectivity index (χ4v) is 1.64. The predicted octanol–water partition coefficient (Wildman–Crippen LogP) is 4.14. The number of rotatable bonds is 4. The van der Waals surface area contributed by atoms with Crippen LogP contribution in [0.2, 0.25) is 0 Å². The molecule has 2 aromatic carbocycles. The number of benzene rings is 2. The Balaban J connectivity index is 2.20. The quantitative estimate of drug-likeness (QED) is 0.735. The number of para-hydroxylation sites is 2. The molecule has 0 saturated heterocycles. The molecule has 0 unspecified atom stereocenters. The second-order valence-electron chi connectivity index (χ2n) is 4.07. The zero-order chi connectivity index (χ0) is 12.8. The van der Waals surface area contributed by atoms with Gasteiger partial charge in [0.2, 0.25) is 0 Å². The van der Waals surface area contributed by atoms with Crippen molar-refractivity contribution >= 4 is 11.9 Å². The van der Waals surface area contributed by atoms with Crippen LogP contribution in [0.5, 0.6) is 5.75 Å². The third-order valence-corrected chi connectivity index (χ3v) is 2.60. The largest absolute Gasteiger partial charge is 0.492 e. The van der Waals surface area contributed by atoms with E-state index in [1.165, 1.54) is 5.56 Å². The summed E-state index contributed by atoms with van der Waals surface area (Å²) < 4.78 is 5.53. The number of aryl methyl sites for hydroxylation is 1. The Morgan fingerprint density at radius 1 is 1.06 bits per heavy atom. The van der Waals surface area contributed by atoms with Crippen LogP contribution in [-0.4, -0.2) is 12.8 Å². The summed E-state index contributed by atoms with van der Waals surface area (Å²) in [7, 11) is 0. The van der Waals surface area contributed by atoms with Gasteiger partial charge in [-0.1, -0.05) is 42.0 Å². The summed E-state index contributed by atoms with van der Waals surface area (Å²) in [4.78, 5) is 4.47. The molecule has 0 aliphatic rings. The lowest BCUT2D eigenvalue weighted by molar-refractivity contribution is 0.341. The predicted molar refractivity (Wildman–Crippen MR) is 76.0 cm³/mol. The molecule has 0 spiro atoms. The molecule has 0 saturated carbocycles. The molecule has 0 radical (unpaired) electrons. The minimum atomic E-state index is 0.650. The van der Waals surface area contributed by atoms with Crippen LogP contribution in [0.1, 0.15) is 18.1 Å². The average Bonchev–Trinajstić information content (AvgIpc) is 2.40. The van der Waals surface area contributed by atoms with Crippen molar-refractivity contribution in [2.75, 3.05) is 6.61 Å². The summed E-state index contributed by atoms with van der Waals surface area (Å²) >= 11 is 0. The van der Waals surface area contributed by atoms with Gasteiger partial charge < -0.3 is 4.74 Å². The van der Waals surface area contributed by atoms with E-state index in [1.54, 1.807) is 0 Å². The minimum absolute atomic E-state index is 0.650. The van der Waals surface area contributed by atoms with E-state index in [1.807, 2.05) is 37.4 Å². The van der Waals surface area contributed by atoms with E-state index in [2.05, 4.69) is 36.2 Å². The van der Waals surface area contributed by atoms with E-state index in [0.717, 1.165) is 17.0 Å². The molecule has 2 nitrogen and oxygen atoms in total. The van der Waals surface area contributed by atoms with Gasteiger partial charge in [-0.2, -0.15) is 0 Å². The average molecular weight is 239 g/mol. The minimum Gasteiger partial charge on any atom is -0.492 e. The van der Waals surface area contributed by atoms with Crippen molar-refractivity contribution in [2.24, 2.45) is 4.99 Å². The second-order valence-corrected chi connectivity index (χ2v) is 4.07. The number of hydrogen-bond donors (Lipinski definition) is 0. The van der Waals surface area contributed by atoms with Crippen molar-refractivity contribution < 1.29 is 4.74 Å². The summed E-state index contributed by atoms with van der Waals surface area (Å²) in [5, 5.41) is 0. The van der Waals surface area contributed by atoms with Gasteiger partial charge in [-0.05, 0) is 31.5 Å². The van der Waals surface area contributed by atoms with Crippen LogP contribution in [0, 0.1) is 6.92 Å². The second kappa shape index (κ2) is 6.01. The molecule has 2 rings (SSSR count). The van der Waals surface area contributed by atoms with Crippen molar-refractivity contribution in [2.45, 2.75) is 13.8 Å². The van der Waals surface area contributed by atoms with Crippen molar-refractivity contribution in [3.8, 4) is 5.75 Å². The molecule has 0 amide bonds. The molecule has 2 aromatic rings. The highest BCUT2D eigenvalue weighted by molar-refractivity contribution is 5.82. The molecule has 0 heterocycles. The lowest BCUT2D eigenvalue weighted by Crippen LogP contribution is -1.91. The fraction of sp³-hybridized carbons (Fsp3) is 0.188. The Kier molecular flexibility index (Phi) is 4.13. The molecule has 0 aliphatic heterocycles. The maximum absolute atomic E-state index is 5.53. The van der Waals surface area contributed by atoms with Gasteiger partial charge in [0.05, 0.1) is 6.61 Å². The van der Waals surface area contributed by atoms with Crippen LogP contribution in [-0.2, 0) is 0 Å². The highest BCUT2D eigenvalue weighted by atomic mass is 16.5. The monoisotopic (exact) mass is 239 g/mol. The van der Waals surface area contributed by atoms with E-state index >= 15 is 0 Å².